The highest BCUT2D eigenvalue weighted by Crippen LogP contribution is 2.29. The average Bonchev–Trinajstić information content (AvgIpc) is 2.56. The van der Waals surface area contributed by atoms with Crippen molar-refractivity contribution in [1.82, 2.24) is 6.15 Å². The number of aryl methyl sites for hydroxylation is 1. The van der Waals surface area contributed by atoms with E-state index >= 15 is 0 Å². The molecular weight excluding hydrogens is 326 g/mol. The summed E-state index contributed by atoms with van der Waals surface area (Å²) < 4.78 is 4.97. The van der Waals surface area contributed by atoms with E-state index in [0.29, 0.717) is 0 Å². The normalized spacial score (nSPS) is 11.0. The molecule has 0 spiro atoms. The molecule has 0 unspecified atom stereocenters. The van der Waals surface area contributed by atoms with Gasteiger partial charge in [0.15, 0.2) is 0 Å². The third-order valence-corrected chi connectivity index (χ3v) is 4.80. The highest BCUT2D eigenvalue weighted by Gasteiger charge is 2.21. The van der Waals surface area contributed by atoms with Gasteiger partial charge in [0, 0.05) is 0 Å². The number of carbonyl (C=O) groups excluding carboxylic acids is 1. The summed E-state index contributed by atoms with van der Waals surface area (Å²) in [5.41, 5.74) is 1.25. The van der Waals surface area contributed by atoms with E-state index in [2.05, 4.69) is 13.0 Å². The summed E-state index contributed by atoms with van der Waals surface area (Å²) in [6.07, 6.45) is 12.6. The lowest BCUT2D eigenvalue weighted by Gasteiger charge is -2.32. The van der Waals surface area contributed by atoms with Gasteiger partial charge in [0.1, 0.15) is 0 Å². The Hall–Kier alpha value is -1.55. The van der Waals surface area contributed by atoms with Crippen molar-refractivity contribution in [1.29, 1.82) is 0 Å². The van der Waals surface area contributed by atoms with E-state index in [1.165, 1.54) is 63.4 Å². The lowest BCUT2D eigenvalue weighted by molar-refractivity contribution is -0.294. The molecule has 0 saturated carbocycles. The number of benzene rings is 1. The molecule has 4 nitrogen and oxygen atoms in total. The van der Waals surface area contributed by atoms with Crippen LogP contribution in [0, 0.1) is 0 Å². The van der Waals surface area contributed by atoms with E-state index in [9.17, 15) is 9.90 Å². The number of ether oxygens (including phenoxy) is 1. The molecule has 1 aromatic rings. The Morgan fingerprint density at radius 3 is 1.96 bits per heavy atom. The van der Waals surface area contributed by atoms with Crippen LogP contribution in [0.1, 0.15) is 96.1 Å². The Kier molecular flexibility index (Phi) is 12.8. The zero-order valence-corrected chi connectivity index (χ0v) is 17.3. The number of hydrogen-bond donors (Lipinski definition) is 1. The van der Waals surface area contributed by atoms with Gasteiger partial charge in [0.25, 0.3) is 6.16 Å². The molecule has 0 radical (unpaired) electrons. The van der Waals surface area contributed by atoms with E-state index < -0.39 is 11.8 Å². The fraction of sp³-hybridized carbons (Fsp3) is 0.682. The smallest absolute Gasteiger partial charge is 0.252 e. The lowest BCUT2D eigenvalue weighted by atomic mass is 9.90. The zero-order chi connectivity index (χ0) is 18.5. The Morgan fingerprint density at radius 1 is 0.923 bits per heavy atom. The van der Waals surface area contributed by atoms with Gasteiger partial charge in [-0.1, -0.05) is 89.0 Å². The second-order valence-electron chi connectivity index (χ2n) is 7.45. The minimum atomic E-state index is -1.47. The van der Waals surface area contributed by atoms with E-state index in [1.807, 2.05) is 18.2 Å². The number of carbonyl (C=O) groups is 1. The van der Waals surface area contributed by atoms with Gasteiger partial charge < -0.3 is 20.8 Å². The maximum Gasteiger partial charge on any atom is 0.252 e. The fourth-order valence-corrected chi connectivity index (χ4v) is 3.39. The van der Waals surface area contributed by atoms with Crippen LogP contribution in [-0.4, -0.2) is 6.16 Å². The monoisotopic (exact) mass is 365 g/mol. The summed E-state index contributed by atoms with van der Waals surface area (Å²) in [6.45, 7) is 5.81. The van der Waals surface area contributed by atoms with Gasteiger partial charge in [0.2, 0.25) is 0 Å². The van der Waals surface area contributed by atoms with Crippen LogP contribution in [0.4, 0.5) is 4.79 Å². The maximum atomic E-state index is 10.8. The van der Waals surface area contributed by atoms with Crippen LogP contribution in [0.3, 0.4) is 0 Å². The SMILES string of the molecule is CCCCCCCCCCCCc1ccccc1C(C)(C)OC(=O)[O-].[NH4+]. The van der Waals surface area contributed by atoms with Gasteiger partial charge in [0.05, 0.1) is 5.60 Å². The van der Waals surface area contributed by atoms with Gasteiger partial charge in [-0.2, -0.15) is 0 Å². The van der Waals surface area contributed by atoms with Crippen molar-refractivity contribution in [2.45, 2.75) is 97.0 Å². The van der Waals surface area contributed by atoms with Crippen LogP contribution in [0.2, 0.25) is 0 Å². The van der Waals surface area contributed by atoms with Crippen molar-refractivity contribution in [3.05, 3.63) is 35.4 Å². The van der Waals surface area contributed by atoms with Crippen molar-refractivity contribution in [2.75, 3.05) is 0 Å². The second-order valence-corrected chi connectivity index (χ2v) is 7.45. The third-order valence-electron chi connectivity index (χ3n) is 4.80. The summed E-state index contributed by atoms with van der Waals surface area (Å²) in [6, 6.07) is 7.96. The Balaban J connectivity index is 0.00000625. The molecule has 4 N–H and O–H groups in total. The van der Waals surface area contributed by atoms with Crippen LogP contribution in [-0.2, 0) is 16.8 Å². The van der Waals surface area contributed by atoms with Crippen molar-refractivity contribution < 1.29 is 14.6 Å². The molecule has 0 aromatic heterocycles. The lowest BCUT2D eigenvalue weighted by Crippen LogP contribution is -2.34. The Bertz CT molecular complexity index is 500. The molecule has 0 saturated heterocycles. The first kappa shape index (κ1) is 24.5. The molecule has 0 aliphatic rings. The number of quaternary nitrogens is 1. The first-order chi connectivity index (χ1) is 12.0. The number of carboxylic acid groups (broad SMARTS) is 1. The number of rotatable bonds is 13. The van der Waals surface area contributed by atoms with E-state index in [-0.39, 0.29) is 6.15 Å². The van der Waals surface area contributed by atoms with Gasteiger partial charge in [-0.25, -0.2) is 0 Å². The molecular formula is C22H39NO3. The van der Waals surface area contributed by atoms with Crippen molar-refractivity contribution >= 4 is 6.16 Å². The topological polar surface area (TPSA) is 85.9 Å². The van der Waals surface area contributed by atoms with Crippen molar-refractivity contribution in [3.8, 4) is 0 Å². The quantitative estimate of drug-likeness (QED) is 0.337. The van der Waals surface area contributed by atoms with Gasteiger partial charge in [-0.05, 0) is 37.8 Å². The molecule has 1 aromatic carbocycles. The van der Waals surface area contributed by atoms with Crippen molar-refractivity contribution in [2.24, 2.45) is 0 Å². The largest absolute Gasteiger partial charge is 0.539 e. The fourth-order valence-electron chi connectivity index (χ4n) is 3.39. The molecule has 0 bridgehead atoms. The first-order valence-corrected chi connectivity index (χ1v) is 9.95. The third kappa shape index (κ3) is 9.81. The molecule has 0 aliphatic carbocycles. The maximum absolute atomic E-state index is 10.8. The Labute approximate surface area is 159 Å². The summed E-state index contributed by atoms with van der Waals surface area (Å²) in [5, 5.41) is 10.8. The minimum absolute atomic E-state index is 0. The molecule has 0 aliphatic heterocycles. The average molecular weight is 366 g/mol. The predicted molar refractivity (Wildman–Crippen MR) is 107 cm³/mol. The molecule has 1 rings (SSSR count). The zero-order valence-electron chi connectivity index (χ0n) is 17.3. The summed E-state index contributed by atoms with van der Waals surface area (Å²) in [4.78, 5) is 10.8. The summed E-state index contributed by atoms with van der Waals surface area (Å²) >= 11 is 0. The highest BCUT2D eigenvalue weighted by molar-refractivity contribution is 5.55. The standard InChI is InChI=1S/C22H36O3.H3N/c1-4-5-6-7-8-9-10-11-12-13-16-19-17-14-15-18-20(19)22(2,3)25-21(23)24;/h14-15,17-18H,4-13,16H2,1-3H3,(H,23,24);1H3. The second kappa shape index (κ2) is 13.6. The predicted octanol–water partition coefficient (Wildman–Crippen LogP) is 6.12. The van der Waals surface area contributed by atoms with Crippen LogP contribution in [0.5, 0.6) is 0 Å². The van der Waals surface area contributed by atoms with Crippen molar-refractivity contribution in [3.63, 3.8) is 0 Å². The minimum Gasteiger partial charge on any atom is -0.539 e. The van der Waals surface area contributed by atoms with Crippen LogP contribution < -0.4 is 11.3 Å². The van der Waals surface area contributed by atoms with Gasteiger partial charge in [-0.3, -0.25) is 0 Å². The van der Waals surface area contributed by atoms with Crippen LogP contribution >= 0.6 is 0 Å². The molecule has 0 fully saturated rings. The molecule has 26 heavy (non-hydrogen) atoms. The highest BCUT2D eigenvalue weighted by atomic mass is 16.7. The molecule has 0 amide bonds. The van der Waals surface area contributed by atoms with Crippen LogP contribution in [0.15, 0.2) is 24.3 Å². The van der Waals surface area contributed by atoms with E-state index in [0.717, 1.165) is 18.4 Å². The van der Waals surface area contributed by atoms with Gasteiger partial charge >= 0.3 is 0 Å². The molecule has 0 heterocycles. The first-order valence-electron chi connectivity index (χ1n) is 9.95. The van der Waals surface area contributed by atoms with E-state index in [4.69, 9.17) is 4.74 Å². The summed E-state index contributed by atoms with van der Waals surface area (Å²) in [7, 11) is 0. The Morgan fingerprint density at radius 2 is 1.42 bits per heavy atom. The van der Waals surface area contributed by atoms with E-state index in [1.54, 1.807) is 13.8 Å². The molecule has 0 atom stereocenters. The number of hydrogen-bond acceptors (Lipinski definition) is 3. The molecule has 150 valence electrons. The molecule has 4 heteroatoms. The van der Waals surface area contributed by atoms with Crippen LogP contribution in [0.25, 0.3) is 0 Å². The van der Waals surface area contributed by atoms with Gasteiger partial charge in [-0.15, -0.1) is 0 Å². The number of unbranched alkanes of at least 4 members (excludes halogenated alkanes) is 9. The summed E-state index contributed by atoms with van der Waals surface area (Å²) in [5.74, 6) is 0.